The van der Waals surface area contributed by atoms with Gasteiger partial charge in [0.1, 0.15) is 0 Å². The zero-order valence-corrected chi connectivity index (χ0v) is 16.9. The van der Waals surface area contributed by atoms with Crippen molar-refractivity contribution < 1.29 is 4.92 Å². The Hall–Kier alpha value is -3.39. The van der Waals surface area contributed by atoms with E-state index in [4.69, 9.17) is 0 Å². The Morgan fingerprint density at radius 3 is 2.28 bits per heavy atom. The summed E-state index contributed by atoms with van der Waals surface area (Å²) in [6, 6.07) is 22.5. The Kier molecular flexibility index (Phi) is 5.44. The van der Waals surface area contributed by atoms with Crippen LogP contribution < -0.4 is 0 Å². The molecule has 0 N–H and O–H groups in total. The van der Waals surface area contributed by atoms with Crippen molar-refractivity contribution in [2.75, 3.05) is 5.33 Å². The van der Waals surface area contributed by atoms with Gasteiger partial charge in [0.05, 0.1) is 10.6 Å². The molecule has 0 saturated carbocycles. The van der Waals surface area contributed by atoms with Crippen molar-refractivity contribution >= 4 is 21.6 Å². The van der Waals surface area contributed by atoms with Crippen molar-refractivity contribution in [3.05, 3.63) is 88.5 Å². The number of nitro benzene ring substituents is 1. The fraction of sp³-hybridized carbons (Fsp3) is 0.0952. The molecule has 8 heteroatoms. The van der Waals surface area contributed by atoms with Crippen LogP contribution in [0.25, 0.3) is 28.2 Å². The van der Waals surface area contributed by atoms with E-state index in [1.165, 1.54) is 17.7 Å². The first-order valence-corrected chi connectivity index (χ1v) is 10.1. The molecule has 0 unspecified atom stereocenters. The normalized spacial score (nSPS) is 10.8. The summed E-state index contributed by atoms with van der Waals surface area (Å²) in [5.74, 6) is 0.569. The second-order valence-electron chi connectivity index (χ2n) is 6.37. The number of alkyl halides is 1. The average Bonchev–Trinajstić information content (AvgIpc) is 3.24. The van der Waals surface area contributed by atoms with Gasteiger partial charge in [0.2, 0.25) is 0 Å². The van der Waals surface area contributed by atoms with Crippen LogP contribution in [0.5, 0.6) is 0 Å². The molecule has 4 rings (SSSR count). The Morgan fingerprint density at radius 1 is 0.931 bits per heavy atom. The number of tetrazole rings is 1. The number of aromatic nitrogens is 4. The zero-order chi connectivity index (χ0) is 20.2. The van der Waals surface area contributed by atoms with Crippen LogP contribution in [-0.2, 0) is 6.42 Å². The largest absolute Gasteiger partial charge is 0.269 e. The van der Waals surface area contributed by atoms with Crippen molar-refractivity contribution in [3.8, 4) is 28.2 Å². The lowest BCUT2D eigenvalue weighted by Crippen LogP contribution is -2.01. The fourth-order valence-electron chi connectivity index (χ4n) is 3.13. The molecule has 3 aromatic carbocycles. The van der Waals surface area contributed by atoms with Gasteiger partial charge >= 0.3 is 0 Å². The van der Waals surface area contributed by atoms with Crippen molar-refractivity contribution in [2.24, 2.45) is 0 Å². The van der Waals surface area contributed by atoms with Gasteiger partial charge in [-0.3, -0.25) is 10.1 Å². The maximum absolute atomic E-state index is 10.9. The molecule has 1 heterocycles. The van der Waals surface area contributed by atoms with Gasteiger partial charge < -0.3 is 0 Å². The number of aryl methyl sites for hydroxylation is 1. The van der Waals surface area contributed by atoms with Crippen molar-refractivity contribution in [1.82, 2.24) is 20.2 Å². The predicted octanol–water partition coefficient (Wildman–Crippen LogP) is 4.84. The van der Waals surface area contributed by atoms with Crippen molar-refractivity contribution in [2.45, 2.75) is 6.42 Å². The van der Waals surface area contributed by atoms with Gasteiger partial charge in [-0.15, -0.1) is 5.10 Å². The molecule has 0 aliphatic carbocycles. The SMILES string of the molecule is O=[N+]([O-])c1ccc(-n2nnnc2-c2ccccc2-c2ccc(CCBr)cc2)cc1. The lowest BCUT2D eigenvalue weighted by Gasteiger charge is -2.11. The second-order valence-corrected chi connectivity index (χ2v) is 7.16. The molecule has 0 saturated heterocycles. The molecule has 0 bridgehead atoms. The molecule has 0 aliphatic rings. The highest BCUT2D eigenvalue weighted by atomic mass is 79.9. The molecule has 29 heavy (non-hydrogen) atoms. The Labute approximate surface area is 175 Å². The molecule has 144 valence electrons. The number of nitrogens with zero attached hydrogens (tertiary/aromatic N) is 5. The summed E-state index contributed by atoms with van der Waals surface area (Å²) in [7, 11) is 0. The zero-order valence-electron chi connectivity index (χ0n) is 15.3. The van der Waals surface area contributed by atoms with Crippen LogP contribution in [0, 0.1) is 10.1 Å². The highest BCUT2D eigenvalue weighted by Crippen LogP contribution is 2.32. The van der Waals surface area contributed by atoms with Crippen LogP contribution in [0.2, 0.25) is 0 Å². The highest BCUT2D eigenvalue weighted by Gasteiger charge is 2.16. The molecule has 0 fully saturated rings. The lowest BCUT2D eigenvalue weighted by atomic mass is 9.98. The van der Waals surface area contributed by atoms with Gasteiger partial charge in [0.25, 0.3) is 5.69 Å². The number of hydrogen-bond donors (Lipinski definition) is 0. The first-order valence-electron chi connectivity index (χ1n) is 8.95. The summed E-state index contributed by atoms with van der Waals surface area (Å²) >= 11 is 3.47. The molecule has 0 amide bonds. The van der Waals surface area contributed by atoms with Gasteiger partial charge in [0, 0.05) is 23.0 Å². The highest BCUT2D eigenvalue weighted by molar-refractivity contribution is 9.09. The van der Waals surface area contributed by atoms with E-state index >= 15 is 0 Å². The standard InChI is InChI=1S/C21H16BrN5O2/c22-14-13-15-5-7-16(8-6-15)19-3-1-2-4-20(19)21-23-24-25-26(21)17-9-11-18(12-10-17)27(28)29/h1-12H,13-14H2. The monoisotopic (exact) mass is 449 g/mol. The summed E-state index contributed by atoms with van der Waals surface area (Å²) in [4.78, 5) is 10.5. The van der Waals surface area contributed by atoms with Crippen LogP contribution in [0.3, 0.4) is 0 Å². The van der Waals surface area contributed by atoms with E-state index in [0.717, 1.165) is 28.4 Å². The predicted molar refractivity (Wildman–Crippen MR) is 114 cm³/mol. The number of halogens is 1. The smallest absolute Gasteiger partial charge is 0.258 e. The summed E-state index contributed by atoms with van der Waals surface area (Å²) in [5, 5.41) is 24.0. The first kappa shape index (κ1) is 18.9. The third-order valence-corrected chi connectivity index (χ3v) is 4.99. The molecule has 1 aromatic heterocycles. The number of hydrogen-bond acceptors (Lipinski definition) is 5. The number of rotatable bonds is 6. The molecular formula is C21H16BrN5O2. The topological polar surface area (TPSA) is 86.7 Å². The number of non-ortho nitro benzene ring substituents is 1. The van der Waals surface area contributed by atoms with Crippen LogP contribution in [0.4, 0.5) is 5.69 Å². The minimum absolute atomic E-state index is 0.0207. The maximum atomic E-state index is 10.9. The molecule has 7 nitrogen and oxygen atoms in total. The maximum Gasteiger partial charge on any atom is 0.269 e. The van der Waals surface area contributed by atoms with E-state index in [1.54, 1.807) is 16.8 Å². The minimum atomic E-state index is -0.432. The van der Waals surface area contributed by atoms with Crippen LogP contribution in [0.1, 0.15) is 5.56 Å². The molecule has 0 aliphatic heterocycles. The van der Waals surface area contributed by atoms with Crippen LogP contribution in [-0.4, -0.2) is 30.5 Å². The average molecular weight is 450 g/mol. The molecule has 0 atom stereocenters. The van der Waals surface area contributed by atoms with Crippen molar-refractivity contribution in [1.29, 1.82) is 0 Å². The van der Waals surface area contributed by atoms with Gasteiger partial charge in [-0.1, -0.05) is 64.5 Å². The van der Waals surface area contributed by atoms with Crippen LogP contribution in [0.15, 0.2) is 72.8 Å². The summed E-state index contributed by atoms with van der Waals surface area (Å²) < 4.78 is 1.59. The number of benzene rings is 3. The van der Waals surface area contributed by atoms with Crippen LogP contribution >= 0.6 is 15.9 Å². The first-order chi connectivity index (χ1) is 14.2. The van der Waals surface area contributed by atoms with E-state index in [-0.39, 0.29) is 5.69 Å². The fourth-order valence-corrected chi connectivity index (χ4v) is 3.59. The summed E-state index contributed by atoms with van der Waals surface area (Å²) in [5.41, 5.74) is 4.89. The Bertz CT molecular complexity index is 1140. The van der Waals surface area contributed by atoms with Crippen molar-refractivity contribution in [3.63, 3.8) is 0 Å². The van der Waals surface area contributed by atoms with E-state index in [0.29, 0.717) is 11.5 Å². The third-order valence-electron chi connectivity index (χ3n) is 4.59. The summed E-state index contributed by atoms with van der Waals surface area (Å²) in [6.45, 7) is 0. The molecule has 4 aromatic rings. The van der Waals surface area contributed by atoms with E-state index in [9.17, 15) is 10.1 Å². The van der Waals surface area contributed by atoms with Gasteiger partial charge in [-0.05, 0) is 45.7 Å². The Morgan fingerprint density at radius 2 is 1.62 bits per heavy atom. The van der Waals surface area contributed by atoms with Gasteiger partial charge in [0.15, 0.2) is 5.82 Å². The van der Waals surface area contributed by atoms with E-state index < -0.39 is 4.92 Å². The quantitative estimate of drug-likeness (QED) is 0.238. The third kappa shape index (κ3) is 3.93. The van der Waals surface area contributed by atoms with Gasteiger partial charge in [-0.25, -0.2) is 0 Å². The molecule has 0 spiro atoms. The lowest BCUT2D eigenvalue weighted by molar-refractivity contribution is -0.384. The van der Waals surface area contributed by atoms with Gasteiger partial charge in [-0.2, -0.15) is 4.68 Å². The van der Waals surface area contributed by atoms with E-state index in [1.807, 2.05) is 24.3 Å². The number of nitro groups is 1. The molecule has 0 radical (unpaired) electrons. The Balaban J connectivity index is 1.76. The second kappa shape index (κ2) is 8.32. The summed E-state index contributed by atoms with van der Waals surface area (Å²) in [6.07, 6.45) is 0.973. The molecular weight excluding hydrogens is 434 g/mol. The minimum Gasteiger partial charge on any atom is -0.258 e. The van der Waals surface area contributed by atoms with E-state index in [2.05, 4.69) is 55.7 Å².